The summed E-state index contributed by atoms with van der Waals surface area (Å²) < 4.78 is 9.71. The Kier molecular flexibility index (Phi) is 5.04. The van der Waals surface area contributed by atoms with Crippen LogP contribution in [0.25, 0.3) is 0 Å². The summed E-state index contributed by atoms with van der Waals surface area (Å²) >= 11 is 0. The minimum Gasteiger partial charge on any atom is -0.444 e. The molecule has 1 rings (SSSR count). The van der Waals surface area contributed by atoms with Crippen molar-refractivity contribution in [2.24, 2.45) is 5.73 Å². The molecule has 1 unspecified atom stereocenters. The molecular weight excluding hydrogens is 212 g/mol. The maximum atomic E-state index is 11.7. The number of methoxy groups -OCH3 is 1. The van der Waals surface area contributed by atoms with Crippen molar-refractivity contribution < 1.29 is 19.1 Å². The van der Waals surface area contributed by atoms with E-state index < -0.39 is 6.09 Å². The van der Waals surface area contributed by atoms with Crippen LogP contribution in [-0.2, 0) is 14.3 Å². The first-order valence-electron chi connectivity index (χ1n) is 5.36. The van der Waals surface area contributed by atoms with E-state index in [0.717, 1.165) is 0 Å². The molecule has 1 aliphatic heterocycles. The lowest BCUT2D eigenvalue weighted by atomic mass is 10.3. The minimum atomic E-state index is -0.779. The molecule has 0 aromatic rings. The smallest absolute Gasteiger partial charge is 0.404 e. The number of nitrogens with two attached hydrogens (primary N) is 1. The van der Waals surface area contributed by atoms with Crippen molar-refractivity contribution in [1.29, 1.82) is 0 Å². The topological polar surface area (TPSA) is 81.9 Å². The lowest BCUT2D eigenvalue weighted by Crippen LogP contribution is -2.31. The molecule has 1 saturated heterocycles. The van der Waals surface area contributed by atoms with E-state index in [9.17, 15) is 9.59 Å². The highest BCUT2D eigenvalue weighted by Gasteiger charge is 2.27. The summed E-state index contributed by atoms with van der Waals surface area (Å²) in [5.74, 6) is 0.0765. The third kappa shape index (κ3) is 4.06. The predicted molar refractivity (Wildman–Crippen MR) is 56.8 cm³/mol. The van der Waals surface area contributed by atoms with Gasteiger partial charge in [0.15, 0.2) is 0 Å². The average molecular weight is 230 g/mol. The summed E-state index contributed by atoms with van der Waals surface area (Å²) in [5, 5.41) is 0. The average Bonchev–Trinajstić information content (AvgIpc) is 2.65. The standard InChI is InChI=1S/C10H18N2O4/c1-15-6-2-3-9(13)12-5-4-8(7-12)16-10(11)14/h8H,2-7H2,1H3,(H2,11,14). The lowest BCUT2D eigenvalue weighted by molar-refractivity contribution is -0.130. The normalized spacial score (nSPS) is 19.8. The van der Waals surface area contributed by atoms with Gasteiger partial charge in [0.05, 0.1) is 6.54 Å². The van der Waals surface area contributed by atoms with Gasteiger partial charge in [-0.15, -0.1) is 0 Å². The Hall–Kier alpha value is -1.30. The number of hydrogen-bond donors (Lipinski definition) is 1. The fourth-order valence-corrected chi connectivity index (χ4v) is 1.74. The van der Waals surface area contributed by atoms with E-state index >= 15 is 0 Å². The Labute approximate surface area is 94.7 Å². The number of ether oxygens (including phenoxy) is 2. The van der Waals surface area contributed by atoms with Gasteiger partial charge in [0.1, 0.15) is 6.10 Å². The summed E-state index contributed by atoms with van der Waals surface area (Å²) in [7, 11) is 1.61. The lowest BCUT2D eigenvalue weighted by Gasteiger charge is -2.16. The van der Waals surface area contributed by atoms with Crippen LogP contribution in [0, 0.1) is 0 Å². The maximum Gasteiger partial charge on any atom is 0.404 e. The Morgan fingerprint density at radius 3 is 2.88 bits per heavy atom. The highest BCUT2D eigenvalue weighted by Crippen LogP contribution is 2.14. The molecular formula is C10H18N2O4. The van der Waals surface area contributed by atoms with Crippen LogP contribution in [0.3, 0.4) is 0 Å². The molecule has 1 aliphatic rings. The van der Waals surface area contributed by atoms with Crippen LogP contribution in [0.2, 0.25) is 0 Å². The SMILES string of the molecule is COCCCC(=O)N1CCC(OC(N)=O)C1. The van der Waals surface area contributed by atoms with Gasteiger partial charge in [0.2, 0.25) is 5.91 Å². The first kappa shape index (κ1) is 12.8. The Morgan fingerprint density at radius 2 is 2.25 bits per heavy atom. The molecule has 1 fully saturated rings. The molecule has 1 heterocycles. The van der Waals surface area contributed by atoms with Crippen molar-refractivity contribution >= 4 is 12.0 Å². The van der Waals surface area contributed by atoms with Gasteiger partial charge < -0.3 is 20.1 Å². The van der Waals surface area contributed by atoms with Gasteiger partial charge >= 0.3 is 6.09 Å². The van der Waals surface area contributed by atoms with Gasteiger partial charge in [-0.3, -0.25) is 4.79 Å². The van der Waals surface area contributed by atoms with E-state index in [-0.39, 0.29) is 12.0 Å². The largest absolute Gasteiger partial charge is 0.444 e. The van der Waals surface area contributed by atoms with Crippen LogP contribution >= 0.6 is 0 Å². The van der Waals surface area contributed by atoms with Crippen molar-refractivity contribution in [3.05, 3.63) is 0 Å². The molecule has 1 atom stereocenters. The maximum absolute atomic E-state index is 11.7. The van der Waals surface area contributed by atoms with E-state index in [1.54, 1.807) is 12.0 Å². The number of rotatable bonds is 5. The summed E-state index contributed by atoms with van der Waals surface area (Å²) in [6.45, 7) is 1.67. The third-order valence-corrected chi connectivity index (χ3v) is 2.52. The highest BCUT2D eigenvalue weighted by molar-refractivity contribution is 5.76. The summed E-state index contributed by atoms with van der Waals surface area (Å²) in [6.07, 6.45) is 0.825. The molecule has 2 amide bonds. The van der Waals surface area contributed by atoms with E-state index in [2.05, 4.69) is 0 Å². The van der Waals surface area contributed by atoms with Crippen LogP contribution in [-0.4, -0.2) is 49.8 Å². The van der Waals surface area contributed by atoms with Gasteiger partial charge in [0, 0.05) is 33.1 Å². The number of amides is 2. The predicted octanol–water partition coefficient (Wildman–Crippen LogP) is 0.109. The second-order valence-electron chi connectivity index (χ2n) is 3.78. The number of hydrogen-bond acceptors (Lipinski definition) is 4. The molecule has 92 valence electrons. The van der Waals surface area contributed by atoms with Crippen LogP contribution in [0.4, 0.5) is 4.79 Å². The molecule has 0 spiro atoms. The van der Waals surface area contributed by atoms with Crippen molar-refractivity contribution in [2.45, 2.75) is 25.4 Å². The Morgan fingerprint density at radius 1 is 1.50 bits per heavy atom. The van der Waals surface area contributed by atoms with Gasteiger partial charge in [-0.05, 0) is 6.42 Å². The van der Waals surface area contributed by atoms with E-state index in [1.165, 1.54) is 0 Å². The van der Waals surface area contributed by atoms with Crippen molar-refractivity contribution in [1.82, 2.24) is 4.90 Å². The van der Waals surface area contributed by atoms with E-state index in [0.29, 0.717) is 39.0 Å². The van der Waals surface area contributed by atoms with Crippen molar-refractivity contribution in [3.63, 3.8) is 0 Å². The van der Waals surface area contributed by atoms with Crippen LogP contribution < -0.4 is 5.73 Å². The van der Waals surface area contributed by atoms with Crippen molar-refractivity contribution in [3.8, 4) is 0 Å². The van der Waals surface area contributed by atoms with Gasteiger partial charge in [-0.1, -0.05) is 0 Å². The molecule has 0 saturated carbocycles. The van der Waals surface area contributed by atoms with Crippen molar-refractivity contribution in [2.75, 3.05) is 26.8 Å². The van der Waals surface area contributed by atoms with Gasteiger partial charge in [-0.2, -0.15) is 0 Å². The number of primary amides is 1. The first-order valence-corrected chi connectivity index (χ1v) is 5.36. The highest BCUT2D eigenvalue weighted by atomic mass is 16.6. The molecule has 16 heavy (non-hydrogen) atoms. The molecule has 0 aliphatic carbocycles. The minimum absolute atomic E-state index is 0.0765. The quantitative estimate of drug-likeness (QED) is 0.679. The first-order chi connectivity index (χ1) is 7.63. The third-order valence-electron chi connectivity index (χ3n) is 2.52. The number of carbonyl (C=O) groups is 2. The zero-order valence-corrected chi connectivity index (χ0v) is 9.48. The molecule has 2 N–H and O–H groups in total. The summed E-state index contributed by atoms with van der Waals surface area (Å²) in [4.78, 5) is 23.9. The van der Waals surface area contributed by atoms with Crippen LogP contribution in [0.15, 0.2) is 0 Å². The molecule has 6 heteroatoms. The molecule has 0 bridgehead atoms. The number of likely N-dealkylation sites (tertiary alicyclic amines) is 1. The molecule has 0 aromatic carbocycles. The van der Waals surface area contributed by atoms with Crippen LogP contribution in [0.5, 0.6) is 0 Å². The van der Waals surface area contributed by atoms with E-state index in [4.69, 9.17) is 15.2 Å². The second kappa shape index (κ2) is 6.32. The number of nitrogens with zero attached hydrogens (tertiary/aromatic N) is 1. The van der Waals surface area contributed by atoms with Gasteiger partial charge in [0.25, 0.3) is 0 Å². The van der Waals surface area contributed by atoms with Crippen LogP contribution in [0.1, 0.15) is 19.3 Å². The second-order valence-corrected chi connectivity index (χ2v) is 3.78. The van der Waals surface area contributed by atoms with E-state index in [1.807, 2.05) is 0 Å². The summed E-state index contributed by atoms with van der Waals surface area (Å²) in [5.41, 5.74) is 4.91. The van der Waals surface area contributed by atoms with Gasteiger partial charge in [-0.25, -0.2) is 4.79 Å². The molecule has 0 aromatic heterocycles. The Balaban J connectivity index is 2.24. The fourth-order valence-electron chi connectivity index (χ4n) is 1.74. The summed E-state index contributed by atoms with van der Waals surface area (Å²) in [6, 6.07) is 0. The molecule has 0 radical (unpaired) electrons. The fraction of sp³-hybridized carbons (Fsp3) is 0.800. The number of carbonyl (C=O) groups excluding carboxylic acids is 2. The Bertz CT molecular complexity index is 257. The monoisotopic (exact) mass is 230 g/mol. The zero-order valence-electron chi connectivity index (χ0n) is 9.48. The molecule has 6 nitrogen and oxygen atoms in total. The zero-order chi connectivity index (χ0) is 12.0.